The highest BCUT2D eigenvalue weighted by molar-refractivity contribution is 5.84. The van der Waals surface area contributed by atoms with Crippen LogP contribution < -0.4 is 10.9 Å². The van der Waals surface area contributed by atoms with Crippen LogP contribution in [0.3, 0.4) is 0 Å². The van der Waals surface area contributed by atoms with Gasteiger partial charge in [-0.05, 0) is 94.7 Å². The summed E-state index contributed by atoms with van der Waals surface area (Å²) in [7, 11) is 2.18. The van der Waals surface area contributed by atoms with E-state index in [0.29, 0.717) is 19.1 Å². The molecular formula is C36H48N8O3. The van der Waals surface area contributed by atoms with Gasteiger partial charge in [0.2, 0.25) is 5.91 Å². The number of urea groups is 1. The zero-order valence-corrected chi connectivity index (χ0v) is 27.9. The summed E-state index contributed by atoms with van der Waals surface area (Å²) in [5.41, 5.74) is 5.29. The average Bonchev–Trinajstić information content (AvgIpc) is 3.57. The molecule has 3 amide bonds. The van der Waals surface area contributed by atoms with E-state index in [9.17, 15) is 14.4 Å². The average molecular weight is 641 g/mol. The van der Waals surface area contributed by atoms with Crippen molar-refractivity contribution in [2.75, 3.05) is 66.0 Å². The van der Waals surface area contributed by atoms with Crippen molar-refractivity contribution in [2.45, 2.75) is 51.5 Å². The van der Waals surface area contributed by atoms with E-state index in [-0.39, 0.29) is 30.0 Å². The Kier molecular flexibility index (Phi) is 10.2. The molecule has 2 aromatic carbocycles. The number of benzene rings is 2. The van der Waals surface area contributed by atoms with Crippen LogP contribution in [0.25, 0.3) is 21.8 Å². The SMILES string of the molecule is CN1CCC(N2CCN(C(=O)CNC(=O)N3CCC(c4cc5ccccc5[nH]c4=O)CC3)CC2)CC1.Cc1cc(C)c2[nH]ncc2c1. The number of nitrogens with zero attached hydrogens (tertiary/aromatic N) is 5. The maximum atomic E-state index is 12.7. The molecule has 3 aliphatic heterocycles. The summed E-state index contributed by atoms with van der Waals surface area (Å²) >= 11 is 0. The van der Waals surface area contributed by atoms with Gasteiger partial charge in [0, 0.05) is 61.8 Å². The number of rotatable bonds is 4. The lowest BCUT2D eigenvalue weighted by molar-refractivity contribution is -0.132. The summed E-state index contributed by atoms with van der Waals surface area (Å²) in [5, 5.41) is 12.0. The first-order valence-corrected chi connectivity index (χ1v) is 17.0. The predicted octanol–water partition coefficient (Wildman–Crippen LogP) is 3.84. The molecule has 0 aliphatic carbocycles. The molecule has 47 heavy (non-hydrogen) atoms. The third-order valence-electron chi connectivity index (χ3n) is 10.2. The van der Waals surface area contributed by atoms with E-state index in [2.05, 4.69) is 63.3 Å². The summed E-state index contributed by atoms with van der Waals surface area (Å²) in [4.78, 5) is 49.6. The lowest BCUT2D eigenvalue weighted by Gasteiger charge is -2.42. The van der Waals surface area contributed by atoms with Crippen LogP contribution in [0.1, 0.15) is 48.3 Å². The van der Waals surface area contributed by atoms with Crippen molar-refractivity contribution in [3.8, 4) is 0 Å². The summed E-state index contributed by atoms with van der Waals surface area (Å²) in [6.45, 7) is 10.9. The van der Waals surface area contributed by atoms with Crippen LogP contribution in [0.15, 0.2) is 53.5 Å². The fourth-order valence-electron chi connectivity index (χ4n) is 7.35. The molecule has 0 radical (unpaired) electrons. The van der Waals surface area contributed by atoms with E-state index in [1.165, 1.54) is 29.4 Å². The number of aryl methyl sites for hydroxylation is 2. The fourth-order valence-corrected chi connectivity index (χ4v) is 7.35. The zero-order chi connectivity index (χ0) is 32.9. The highest BCUT2D eigenvalue weighted by Gasteiger charge is 2.29. The number of carbonyl (C=O) groups excluding carboxylic acids is 2. The number of pyridine rings is 1. The summed E-state index contributed by atoms with van der Waals surface area (Å²) in [5.74, 6) is 0.119. The number of amides is 3. The van der Waals surface area contributed by atoms with E-state index in [1.807, 2.05) is 41.4 Å². The number of hydrogen-bond donors (Lipinski definition) is 3. The van der Waals surface area contributed by atoms with Gasteiger partial charge in [-0.15, -0.1) is 0 Å². The second kappa shape index (κ2) is 14.7. The van der Waals surface area contributed by atoms with Gasteiger partial charge >= 0.3 is 6.03 Å². The van der Waals surface area contributed by atoms with Crippen molar-refractivity contribution in [1.82, 2.24) is 40.1 Å². The van der Waals surface area contributed by atoms with Crippen molar-refractivity contribution < 1.29 is 9.59 Å². The monoisotopic (exact) mass is 640 g/mol. The first kappa shape index (κ1) is 32.7. The van der Waals surface area contributed by atoms with Crippen LogP contribution >= 0.6 is 0 Å². The Hall–Kier alpha value is -4.22. The fraction of sp³-hybridized carbons (Fsp3) is 0.500. The molecule has 3 fully saturated rings. The van der Waals surface area contributed by atoms with Gasteiger partial charge in [0.15, 0.2) is 0 Å². The molecular weight excluding hydrogens is 592 g/mol. The standard InChI is InChI=1S/C27H38N6O3.C9H10N2/c1-30-10-8-22(9-11-30)31-14-16-32(17-15-31)25(34)19-28-27(36)33-12-6-20(7-13-33)23-18-21-4-2-3-5-24(21)29-26(23)35;1-6-3-7(2)9-8(4-6)5-10-11-9/h2-5,18,20,22H,6-17,19H2,1H3,(H,28,36)(H,29,35);3-5H,1-2H3,(H,10,11). The van der Waals surface area contributed by atoms with Gasteiger partial charge in [-0.25, -0.2) is 4.79 Å². The molecule has 0 atom stereocenters. The highest BCUT2D eigenvalue weighted by atomic mass is 16.2. The highest BCUT2D eigenvalue weighted by Crippen LogP contribution is 2.27. The Labute approximate surface area is 276 Å². The van der Waals surface area contributed by atoms with Crippen molar-refractivity contribution in [3.05, 3.63) is 75.7 Å². The molecule has 11 heteroatoms. The van der Waals surface area contributed by atoms with Crippen LogP contribution in [0.4, 0.5) is 4.79 Å². The molecule has 3 saturated heterocycles. The first-order valence-electron chi connectivity index (χ1n) is 17.0. The van der Waals surface area contributed by atoms with Crippen LogP contribution in [0.5, 0.6) is 0 Å². The lowest BCUT2D eigenvalue weighted by atomic mass is 9.89. The Balaban J connectivity index is 0.000000295. The number of likely N-dealkylation sites (tertiary alicyclic amines) is 2. The van der Waals surface area contributed by atoms with Gasteiger partial charge in [-0.1, -0.05) is 29.8 Å². The number of aromatic amines is 2. The number of nitrogens with one attached hydrogen (secondary N) is 3. The third kappa shape index (κ3) is 7.85. The number of piperazine rings is 1. The van der Waals surface area contributed by atoms with E-state index in [0.717, 1.165) is 74.1 Å². The predicted molar refractivity (Wildman–Crippen MR) is 186 cm³/mol. The Morgan fingerprint density at radius 3 is 2.34 bits per heavy atom. The smallest absolute Gasteiger partial charge is 0.317 e. The minimum atomic E-state index is -0.195. The van der Waals surface area contributed by atoms with Gasteiger partial charge in [0.05, 0.1) is 18.3 Å². The van der Waals surface area contributed by atoms with Gasteiger partial charge in [0.25, 0.3) is 5.56 Å². The number of hydrogen-bond acceptors (Lipinski definition) is 6. The minimum absolute atomic E-state index is 0.0102. The Bertz CT molecular complexity index is 1740. The molecule has 2 aromatic heterocycles. The Morgan fingerprint density at radius 1 is 0.872 bits per heavy atom. The maximum absolute atomic E-state index is 12.7. The molecule has 250 valence electrons. The first-order chi connectivity index (χ1) is 22.7. The Morgan fingerprint density at radius 2 is 1.60 bits per heavy atom. The summed E-state index contributed by atoms with van der Waals surface area (Å²) in [6.07, 6.45) is 5.73. The van der Waals surface area contributed by atoms with Gasteiger partial charge < -0.3 is 25.0 Å². The second-order valence-corrected chi connectivity index (χ2v) is 13.4. The van der Waals surface area contributed by atoms with Gasteiger partial charge in [-0.3, -0.25) is 19.6 Å². The van der Waals surface area contributed by atoms with E-state index in [4.69, 9.17) is 0 Å². The van der Waals surface area contributed by atoms with Gasteiger partial charge in [0.1, 0.15) is 0 Å². The largest absolute Gasteiger partial charge is 0.339 e. The summed E-state index contributed by atoms with van der Waals surface area (Å²) in [6, 6.07) is 14.5. The van der Waals surface area contributed by atoms with Crippen molar-refractivity contribution in [3.63, 3.8) is 0 Å². The van der Waals surface area contributed by atoms with E-state index in [1.54, 1.807) is 4.90 Å². The van der Waals surface area contributed by atoms with Gasteiger partial charge in [-0.2, -0.15) is 5.10 Å². The second-order valence-electron chi connectivity index (χ2n) is 13.4. The van der Waals surface area contributed by atoms with Crippen LogP contribution in [-0.4, -0.2) is 119 Å². The third-order valence-corrected chi connectivity index (χ3v) is 10.2. The number of aromatic nitrogens is 3. The topological polar surface area (TPSA) is 121 Å². The summed E-state index contributed by atoms with van der Waals surface area (Å²) < 4.78 is 0. The molecule has 7 rings (SSSR count). The molecule has 0 bridgehead atoms. The lowest BCUT2D eigenvalue weighted by Crippen LogP contribution is -2.55. The van der Waals surface area contributed by atoms with Crippen molar-refractivity contribution >= 4 is 33.7 Å². The molecule has 4 aromatic rings. The molecule has 11 nitrogen and oxygen atoms in total. The van der Waals surface area contributed by atoms with Crippen molar-refractivity contribution in [1.29, 1.82) is 0 Å². The van der Waals surface area contributed by atoms with E-state index < -0.39 is 0 Å². The molecule has 5 heterocycles. The number of para-hydroxylation sites is 1. The minimum Gasteiger partial charge on any atom is -0.339 e. The van der Waals surface area contributed by atoms with Crippen LogP contribution in [-0.2, 0) is 4.79 Å². The van der Waals surface area contributed by atoms with E-state index >= 15 is 0 Å². The molecule has 3 aliphatic rings. The number of piperidine rings is 2. The number of H-pyrrole nitrogens is 2. The number of carbonyl (C=O) groups is 2. The maximum Gasteiger partial charge on any atom is 0.317 e. The molecule has 0 spiro atoms. The zero-order valence-electron chi connectivity index (χ0n) is 27.9. The molecule has 3 N–H and O–H groups in total. The molecule has 0 saturated carbocycles. The normalized spacial score (nSPS) is 18.7. The quantitative estimate of drug-likeness (QED) is 0.312. The van der Waals surface area contributed by atoms with Crippen LogP contribution in [0.2, 0.25) is 0 Å². The number of fused-ring (bicyclic) bond motifs is 2. The van der Waals surface area contributed by atoms with Crippen LogP contribution in [0, 0.1) is 13.8 Å². The molecule has 0 unspecified atom stereocenters. The van der Waals surface area contributed by atoms with Crippen molar-refractivity contribution in [2.24, 2.45) is 0 Å².